The van der Waals surface area contributed by atoms with Gasteiger partial charge in [0.1, 0.15) is 5.37 Å². The van der Waals surface area contributed by atoms with Crippen LogP contribution in [-0.2, 0) is 4.79 Å². The maximum absolute atomic E-state index is 11.8. The molecule has 92 valence electrons. The highest BCUT2D eigenvalue weighted by Crippen LogP contribution is 2.37. The van der Waals surface area contributed by atoms with E-state index in [1.54, 1.807) is 18.0 Å². The summed E-state index contributed by atoms with van der Waals surface area (Å²) in [6.07, 6.45) is 1.79. The second kappa shape index (κ2) is 6.31. The molecule has 0 aromatic carbocycles. The summed E-state index contributed by atoms with van der Waals surface area (Å²) in [5, 5.41) is 0.112. The van der Waals surface area contributed by atoms with Crippen molar-refractivity contribution < 1.29 is 4.79 Å². The Morgan fingerprint density at radius 1 is 1.59 bits per heavy atom. The molecule has 0 bridgehead atoms. The van der Waals surface area contributed by atoms with Crippen LogP contribution in [0.5, 0.6) is 0 Å². The molecule has 1 aromatic rings. The van der Waals surface area contributed by atoms with E-state index >= 15 is 0 Å². The van der Waals surface area contributed by atoms with Crippen molar-refractivity contribution in [3.8, 4) is 0 Å². The van der Waals surface area contributed by atoms with Gasteiger partial charge in [-0.15, -0.1) is 11.8 Å². The van der Waals surface area contributed by atoms with Crippen LogP contribution in [0.4, 0.5) is 0 Å². The van der Waals surface area contributed by atoms with E-state index in [0.717, 1.165) is 23.7 Å². The van der Waals surface area contributed by atoms with Gasteiger partial charge in [-0.3, -0.25) is 9.78 Å². The van der Waals surface area contributed by atoms with E-state index in [9.17, 15) is 4.79 Å². The Hall–Kier alpha value is -0.680. The predicted molar refractivity (Wildman–Crippen MR) is 74.1 cm³/mol. The average Bonchev–Trinajstić information content (AvgIpc) is 2.73. The van der Waals surface area contributed by atoms with E-state index in [2.05, 4.69) is 11.9 Å². The Labute approximate surface area is 110 Å². The van der Waals surface area contributed by atoms with Gasteiger partial charge in [0.05, 0.1) is 11.4 Å². The molecule has 1 saturated heterocycles. The normalized spacial score (nSPS) is 19.9. The molecule has 3 nitrogen and oxygen atoms in total. The van der Waals surface area contributed by atoms with Crippen LogP contribution in [0.3, 0.4) is 0 Å². The predicted octanol–water partition coefficient (Wildman–Crippen LogP) is 2.41. The second-order valence-electron chi connectivity index (χ2n) is 3.70. The lowest BCUT2D eigenvalue weighted by molar-refractivity contribution is -0.127. The van der Waals surface area contributed by atoms with Gasteiger partial charge in [0.25, 0.3) is 0 Å². The molecular formula is C12H16N2OS2. The number of nitrogens with zero attached hydrogens (tertiary/aromatic N) is 2. The summed E-state index contributed by atoms with van der Waals surface area (Å²) in [4.78, 5) is 18.1. The van der Waals surface area contributed by atoms with Crippen LogP contribution in [0, 0.1) is 0 Å². The first-order valence-electron chi connectivity index (χ1n) is 5.72. The highest BCUT2D eigenvalue weighted by Gasteiger charge is 2.32. The second-order valence-corrected chi connectivity index (χ2v) is 6.16. The number of rotatable bonds is 5. The third-order valence-electron chi connectivity index (χ3n) is 2.59. The summed E-state index contributed by atoms with van der Waals surface area (Å²) in [5.74, 6) is 2.93. The van der Waals surface area contributed by atoms with Crippen molar-refractivity contribution in [2.45, 2.75) is 12.3 Å². The first kappa shape index (κ1) is 12.8. The fourth-order valence-corrected chi connectivity index (χ4v) is 3.56. The Morgan fingerprint density at radius 3 is 3.18 bits per heavy atom. The lowest BCUT2D eigenvalue weighted by Crippen LogP contribution is -2.30. The van der Waals surface area contributed by atoms with Crippen LogP contribution in [0.1, 0.15) is 18.0 Å². The van der Waals surface area contributed by atoms with Gasteiger partial charge >= 0.3 is 0 Å². The van der Waals surface area contributed by atoms with Crippen LogP contribution in [-0.4, -0.2) is 39.6 Å². The van der Waals surface area contributed by atoms with E-state index < -0.39 is 0 Å². The number of thioether (sulfide) groups is 2. The molecule has 0 aliphatic carbocycles. The quantitative estimate of drug-likeness (QED) is 0.768. The third-order valence-corrected chi connectivity index (χ3v) is 4.69. The van der Waals surface area contributed by atoms with Gasteiger partial charge in [-0.1, -0.05) is 13.0 Å². The zero-order valence-corrected chi connectivity index (χ0v) is 11.5. The van der Waals surface area contributed by atoms with E-state index in [-0.39, 0.29) is 11.3 Å². The van der Waals surface area contributed by atoms with Crippen molar-refractivity contribution in [1.29, 1.82) is 0 Å². The fraction of sp³-hybridized carbons (Fsp3) is 0.500. The van der Waals surface area contributed by atoms with Gasteiger partial charge in [0.2, 0.25) is 5.91 Å². The molecule has 5 heteroatoms. The number of hydrogen-bond acceptors (Lipinski definition) is 4. The Balaban J connectivity index is 2.03. The van der Waals surface area contributed by atoms with Crippen molar-refractivity contribution in [3.63, 3.8) is 0 Å². The maximum Gasteiger partial charge on any atom is 0.233 e. The molecule has 0 N–H and O–H groups in total. The highest BCUT2D eigenvalue weighted by atomic mass is 32.2. The molecule has 2 heterocycles. The first-order chi connectivity index (χ1) is 8.33. The van der Waals surface area contributed by atoms with Gasteiger partial charge in [0, 0.05) is 18.5 Å². The standard InChI is InChI=1S/C12H16N2OS2/c1-2-16-8-7-14-11(15)9-17-12(14)10-5-3-4-6-13-10/h3-6,12H,2,7-9H2,1H3. The zero-order chi connectivity index (χ0) is 12.1. The molecule has 1 aliphatic rings. The molecule has 1 fully saturated rings. The minimum Gasteiger partial charge on any atom is -0.323 e. The first-order valence-corrected chi connectivity index (χ1v) is 7.93. The Bertz CT molecular complexity index is 372. The van der Waals surface area contributed by atoms with Crippen LogP contribution in [0.25, 0.3) is 0 Å². The summed E-state index contributed by atoms with van der Waals surface area (Å²) < 4.78 is 0. The highest BCUT2D eigenvalue weighted by molar-refractivity contribution is 8.00. The molecule has 1 atom stereocenters. The third kappa shape index (κ3) is 3.16. The van der Waals surface area contributed by atoms with Crippen molar-refractivity contribution in [2.24, 2.45) is 0 Å². The molecular weight excluding hydrogens is 252 g/mol. The topological polar surface area (TPSA) is 33.2 Å². The van der Waals surface area contributed by atoms with Crippen LogP contribution in [0.2, 0.25) is 0 Å². The van der Waals surface area contributed by atoms with E-state index in [1.165, 1.54) is 0 Å². The van der Waals surface area contributed by atoms with Crippen molar-refractivity contribution in [2.75, 3.05) is 23.8 Å². The van der Waals surface area contributed by atoms with Crippen molar-refractivity contribution >= 4 is 29.4 Å². The summed E-state index contributed by atoms with van der Waals surface area (Å²) in [7, 11) is 0. The van der Waals surface area contributed by atoms with Gasteiger partial charge in [-0.2, -0.15) is 11.8 Å². The molecule has 2 rings (SSSR count). The number of carbonyl (C=O) groups is 1. The fourth-order valence-electron chi connectivity index (χ4n) is 1.77. The smallest absolute Gasteiger partial charge is 0.233 e. The monoisotopic (exact) mass is 268 g/mol. The summed E-state index contributed by atoms with van der Waals surface area (Å²) in [6, 6.07) is 5.88. The van der Waals surface area contributed by atoms with Crippen LogP contribution < -0.4 is 0 Å². The molecule has 1 amide bonds. The van der Waals surface area contributed by atoms with Gasteiger partial charge in [-0.05, 0) is 17.9 Å². The van der Waals surface area contributed by atoms with E-state index in [4.69, 9.17) is 0 Å². The van der Waals surface area contributed by atoms with Crippen molar-refractivity contribution in [3.05, 3.63) is 30.1 Å². The van der Waals surface area contributed by atoms with Gasteiger partial charge in [0.15, 0.2) is 0 Å². The molecule has 0 spiro atoms. The largest absolute Gasteiger partial charge is 0.323 e. The average molecular weight is 268 g/mol. The number of hydrogen-bond donors (Lipinski definition) is 0. The minimum absolute atomic E-state index is 0.112. The molecule has 1 unspecified atom stereocenters. The Kier molecular flexibility index (Phi) is 4.74. The van der Waals surface area contributed by atoms with Gasteiger partial charge in [-0.25, -0.2) is 0 Å². The summed E-state index contributed by atoms with van der Waals surface area (Å²) >= 11 is 3.54. The maximum atomic E-state index is 11.8. The lowest BCUT2D eigenvalue weighted by Gasteiger charge is -2.23. The number of aromatic nitrogens is 1. The number of pyridine rings is 1. The van der Waals surface area contributed by atoms with Gasteiger partial charge < -0.3 is 4.90 Å². The molecule has 17 heavy (non-hydrogen) atoms. The zero-order valence-electron chi connectivity index (χ0n) is 9.83. The minimum atomic E-state index is 0.112. The SMILES string of the molecule is CCSCCN1C(=O)CSC1c1ccccn1. The molecule has 0 saturated carbocycles. The summed E-state index contributed by atoms with van der Waals surface area (Å²) in [6.45, 7) is 2.97. The molecule has 0 radical (unpaired) electrons. The van der Waals surface area contributed by atoms with Crippen molar-refractivity contribution in [1.82, 2.24) is 9.88 Å². The number of carbonyl (C=O) groups excluding carboxylic acids is 1. The van der Waals surface area contributed by atoms with Crippen LogP contribution >= 0.6 is 23.5 Å². The molecule has 1 aromatic heterocycles. The lowest BCUT2D eigenvalue weighted by atomic mass is 10.3. The summed E-state index contributed by atoms with van der Waals surface area (Å²) in [5.41, 5.74) is 0.991. The Morgan fingerprint density at radius 2 is 2.47 bits per heavy atom. The van der Waals surface area contributed by atoms with E-state index in [1.807, 2.05) is 34.9 Å². The van der Waals surface area contributed by atoms with E-state index in [0.29, 0.717) is 5.75 Å². The van der Waals surface area contributed by atoms with Crippen LogP contribution in [0.15, 0.2) is 24.4 Å². The molecule has 1 aliphatic heterocycles. The number of amides is 1.